The van der Waals surface area contributed by atoms with Gasteiger partial charge in [-0.25, -0.2) is 9.78 Å². The maximum atomic E-state index is 12.6. The summed E-state index contributed by atoms with van der Waals surface area (Å²) >= 11 is 0. The number of morpholine rings is 1. The summed E-state index contributed by atoms with van der Waals surface area (Å²) in [7, 11) is 0. The van der Waals surface area contributed by atoms with Crippen molar-refractivity contribution in [2.45, 2.75) is 31.9 Å². The van der Waals surface area contributed by atoms with Gasteiger partial charge in [-0.05, 0) is 13.3 Å². The SMILES string of the molecule is C[C@@H]1COCCN1c1nc2c(cnn2-c2ccn[nH]2)c2c1CCN2CC(O)OC(=O)C(F)(F)F. The van der Waals surface area contributed by atoms with Crippen LogP contribution in [0.2, 0.25) is 0 Å². The average molecular weight is 481 g/mol. The molecule has 14 heteroatoms. The molecule has 34 heavy (non-hydrogen) atoms. The molecule has 3 aromatic heterocycles. The molecule has 0 bridgehead atoms. The summed E-state index contributed by atoms with van der Waals surface area (Å²) in [6, 6.07) is 1.79. The molecule has 0 radical (unpaired) electrons. The number of aromatic nitrogens is 5. The number of H-pyrrole nitrogens is 1. The number of fused-ring (bicyclic) bond motifs is 3. The van der Waals surface area contributed by atoms with Crippen molar-refractivity contribution in [2.75, 3.05) is 42.6 Å². The summed E-state index contributed by atoms with van der Waals surface area (Å²) in [4.78, 5) is 19.9. The van der Waals surface area contributed by atoms with Gasteiger partial charge in [0, 0.05) is 24.7 Å². The Morgan fingerprint density at radius 2 is 2.24 bits per heavy atom. The predicted molar refractivity (Wildman–Crippen MR) is 113 cm³/mol. The van der Waals surface area contributed by atoms with E-state index in [1.165, 1.54) is 0 Å². The first-order chi connectivity index (χ1) is 16.2. The van der Waals surface area contributed by atoms with Gasteiger partial charge in [0.15, 0.2) is 11.5 Å². The van der Waals surface area contributed by atoms with Gasteiger partial charge in [-0.15, -0.1) is 0 Å². The number of esters is 1. The first kappa shape index (κ1) is 22.4. The molecule has 2 atom stereocenters. The van der Waals surface area contributed by atoms with Crippen molar-refractivity contribution in [1.29, 1.82) is 0 Å². The van der Waals surface area contributed by atoms with Gasteiger partial charge in [0.25, 0.3) is 0 Å². The number of halogens is 3. The van der Waals surface area contributed by atoms with Gasteiger partial charge in [-0.3, -0.25) is 5.10 Å². The van der Waals surface area contributed by atoms with Crippen LogP contribution < -0.4 is 9.80 Å². The van der Waals surface area contributed by atoms with E-state index >= 15 is 0 Å². The van der Waals surface area contributed by atoms with Crippen LogP contribution in [-0.4, -0.2) is 87.4 Å². The zero-order chi connectivity index (χ0) is 24.0. The number of pyridine rings is 1. The van der Waals surface area contributed by atoms with Gasteiger partial charge in [-0.2, -0.15) is 28.1 Å². The fourth-order valence-corrected chi connectivity index (χ4v) is 4.42. The third-order valence-corrected chi connectivity index (χ3v) is 5.92. The van der Waals surface area contributed by atoms with E-state index in [4.69, 9.17) is 9.72 Å². The van der Waals surface area contributed by atoms with Gasteiger partial charge < -0.3 is 24.4 Å². The van der Waals surface area contributed by atoms with Crippen molar-refractivity contribution in [3.05, 3.63) is 24.0 Å². The van der Waals surface area contributed by atoms with Crippen LogP contribution in [-0.2, 0) is 20.7 Å². The molecule has 1 unspecified atom stereocenters. The molecule has 11 nitrogen and oxygen atoms in total. The zero-order valence-corrected chi connectivity index (χ0v) is 18.1. The minimum Gasteiger partial charge on any atom is -0.427 e. The highest BCUT2D eigenvalue weighted by molar-refractivity contribution is 5.96. The second kappa shape index (κ2) is 8.43. The fourth-order valence-electron chi connectivity index (χ4n) is 4.42. The quantitative estimate of drug-likeness (QED) is 0.408. The number of rotatable bonds is 5. The molecule has 0 aliphatic carbocycles. The summed E-state index contributed by atoms with van der Waals surface area (Å²) in [6.07, 6.45) is -3.41. The summed E-state index contributed by atoms with van der Waals surface area (Å²) in [6.45, 7) is 3.78. The second-order valence-corrected chi connectivity index (χ2v) is 8.17. The Kier molecular flexibility index (Phi) is 5.56. The van der Waals surface area contributed by atoms with Gasteiger partial charge in [0.2, 0.25) is 6.29 Å². The third-order valence-electron chi connectivity index (χ3n) is 5.92. The molecule has 182 valence electrons. The van der Waals surface area contributed by atoms with Crippen LogP contribution in [0, 0.1) is 0 Å². The summed E-state index contributed by atoms with van der Waals surface area (Å²) in [5, 5.41) is 22.0. The minimum atomic E-state index is -5.19. The molecule has 0 amide bonds. The lowest BCUT2D eigenvalue weighted by Crippen LogP contribution is -2.44. The molecule has 1 saturated heterocycles. The van der Waals surface area contributed by atoms with E-state index in [9.17, 15) is 23.1 Å². The van der Waals surface area contributed by atoms with E-state index in [0.717, 1.165) is 11.4 Å². The summed E-state index contributed by atoms with van der Waals surface area (Å²) in [5.41, 5.74) is 2.09. The van der Waals surface area contributed by atoms with Crippen molar-refractivity contribution in [3.63, 3.8) is 0 Å². The molecule has 5 heterocycles. The Balaban J connectivity index is 1.56. The van der Waals surface area contributed by atoms with Crippen LogP contribution in [0.4, 0.5) is 24.7 Å². The Labute approximate surface area is 191 Å². The van der Waals surface area contributed by atoms with Crippen molar-refractivity contribution in [2.24, 2.45) is 0 Å². The number of anilines is 2. The Morgan fingerprint density at radius 1 is 1.41 bits per heavy atom. The van der Waals surface area contributed by atoms with Crippen LogP contribution >= 0.6 is 0 Å². The fraction of sp³-hybridized carbons (Fsp3) is 0.500. The number of carbonyl (C=O) groups is 1. The van der Waals surface area contributed by atoms with Crippen molar-refractivity contribution >= 4 is 28.5 Å². The van der Waals surface area contributed by atoms with Crippen LogP contribution in [0.25, 0.3) is 16.9 Å². The Morgan fingerprint density at radius 3 is 2.94 bits per heavy atom. The Hall–Kier alpha value is -3.39. The lowest BCUT2D eigenvalue weighted by molar-refractivity contribution is -0.218. The standard InChI is InChI=1S/C20H22F3N7O4/c1-11-10-33-7-6-29(11)17-12-3-5-28(9-15(31)34-19(32)20(21,22)23)16(12)13-8-25-30(18(13)26-17)14-2-4-24-27-14/h2,4,8,11,15,31H,3,5-7,9-10H2,1H3,(H,24,27)/t11-,15?/m1/s1. The number of hydrogen-bond donors (Lipinski definition) is 2. The number of aliphatic hydroxyl groups excluding tert-OH is 1. The number of alkyl halides is 3. The van der Waals surface area contributed by atoms with Gasteiger partial charge in [0.1, 0.15) is 5.82 Å². The molecule has 2 aliphatic rings. The maximum Gasteiger partial charge on any atom is 0.491 e. The monoisotopic (exact) mass is 481 g/mol. The average Bonchev–Trinajstić information content (AvgIpc) is 3.52. The highest BCUT2D eigenvalue weighted by Gasteiger charge is 2.42. The lowest BCUT2D eigenvalue weighted by atomic mass is 10.1. The van der Waals surface area contributed by atoms with Crippen LogP contribution in [0.1, 0.15) is 12.5 Å². The summed E-state index contributed by atoms with van der Waals surface area (Å²) < 4.78 is 49.0. The maximum absolute atomic E-state index is 12.6. The van der Waals surface area contributed by atoms with E-state index in [2.05, 4.69) is 24.9 Å². The molecule has 0 aromatic carbocycles. The number of hydrogen-bond acceptors (Lipinski definition) is 9. The van der Waals surface area contributed by atoms with E-state index in [1.807, 2.05) is 6.92 Å². The zero-order valence-electron chi connectivity index (χ0n) is 18.1. The normalized spacial score (nSPS) is 19.5. The first-order valence-electron chi connectivity index (χ1n) is 10.7. The van der Waals surface area contributed by atoms with E-state index in [0.29, 0.717) is 55.3 Å². The molecule has 0 spiro atoms. The minimum absolute atomic E-state index is 0.0544. The second-order valence-electron chi connectivity index (χ2n) is 8.17. The predicted octanol–water partition coefficient (Wildman–Crippen LogP) is 1.16. The number of β-amino-alcohol motifs (C(OH)–C–C–N with tert-alkyl or cyclic N) is 1. The molecule has 3 aromatic rings. The molecular weight excluding hydrogens is 459 g/mol. The number of nitrogens with zero attached hydrogens (tertiary/aromatic N) is 6. The van der Waals surface area contributed by atoms with E-state index in [1.54, 1.807) is 28.0 Å². The van der Waals surface area contributed by atoms with Crippen LogP contribution in [0.15, 0.2) is 18.5 Å². The number of ether oxygens (including phenoxy) is 2. The van der Waals surface area contributed by atoms with Gasteiger partial charge in [0.05, 0.1) is 49.3 Å². The molecule has 0 saturated carbocycles. The first-order valence-corrected chi connectivity index (χ1v) is 10.7. The van der Waals surface area contributed by atoms with Gasteiger partial charge >= 0.3 is 12.1 Å². The number of carbonyl (C=O) groups excluding carboxylic acids is 1. The van der Waals surface area contributed by atoms with E-state index < -0.39 is 18.4 Å². The van der Waals surface area contributed by atoms with Crippen molar-refractivity contribution in [3.8, 4) is 5.82 Å². The molecule has 2 aliphatic heterocycles. The molecule has 5 rings (SSSR count). The highest BCUT2D eigenvalue weighted by Crippen LogP contribution is 2.41. The molecule has 1 fully saturated rings. The van der Waals surface area contributed by atoms with Crippen molar-refractivity contribution < 1.29 is 32.5 Å². The third kappa shape index (κ3) is 3.92. The van der Waals surface area contributed by atoms with Crippen molar-refractivity contribution in [1.82, 2.24) is 25.0 Å². The smallest absolute Gasteiger partial charge is 0.427 e. The summed E-state index contributed by atoms with van der Waals surface area (Å²) in [5.74, 6) is -1.12. The number of aliphatic hydroxyl groups is 1. The molecule has 2 N–H and O–H groups in total. The highest BCUT2D eigenvalue weighted by atomic mass is 19.4. The van der Waals surface area contributed by atoms with Gasteiger partial charge in [-0.1, -0.05) is 0 Å². The lowest BCUT2D eigenvalue weighted by Gasteiger charge is -2.35. The van der Waals surface area contributed by atoms with Crippen LogP contribution in [0.3, 0.4) is 0 Å². The Bertz CT molecular complexity index is 1200. The van der Waals surface area contributed by atoms with Crippen LogP contribution in [0.5, 0.6) is 0 Å². The molecular formula is C20H22F3N7O4. The van der Waals surface area contributed by atoms with E-state index in [-0.39, 0.29) is 12.6 Å². The topological polar surface area (TPSA) is 122 Å². The number of aromatic amines is 1. The largest absolute Gasteiger partial charge is 0.491 e. The number of nitrogens with one attached hydrogen (secondary N) is 1.